The van der Waals surface area contributed by atoms with Crippen LogP contribution in [0.2, 0.25) is 0 Å². The second-order valence-electron chi connectivity index (χ2n) is 4.06. The lowest BCUT2D eigenvalue weighted by molar-refractivity contribution is 1.10. The van der Waals surface area contributed by atoms with Gasteiger partial charge in [-0.25, -0.2) is 9.97 Å². The summed E-state index contributed by atoms with van der Waals surface area (Å²) in [5.41, 5.74) is 8.40. The number of aromatic amines is 1. The maximum Gasteiger partial charge on any atom is 0.117 e. The van der Waals surface area contributed by atoms with E-state index in [0.717, 1.165) is 37.8 Å². The quantitative estimate of drug-likeness (QED) is 0.567. The second kappa shape index (κ2) is 5.22. The molecule has 4 nitrogen and oxygen atoms in total. The van der Waals surface area contributed by atoms with E-state index >= 15 is 0 Å². The summed E-state index contributed by atoms with van der Waals surface area (Å²) < 4.78 is 0.982. The van der Waals surface area contributed by atoms with Crippen molar-refractivity contribution in [3.8, 4) is 0 Å². The molecule has 6 heteroatoms. The fourth-order valence-electron chi connectivity index (χ4n) is 1.74. The third kappa shape index (κ3) is 2.90. The summed E-state index contributed by atoms with van der Waals surface area (Å²) in [5.74, 6) is 1.68. The molecule has 3 rings (SSSR count). The number of nitrogens with two attached hydrogens (primary N) is 1. The number of fused-ring (bicyclic) bond motifs is 1. The van der Waals surface area contributed by atoms with Gasteiger partial charge in [0, 0.05) is 16.4 Å². The topological polar surface area (TPSA) is 67.6 Å². The number of thioether (sulfide) groups is 1. The van der Waals surface area contributed by atoms with Crippen LogP contribution in [-0.4, -0.2) is 15.0 Å². The SMILES string of the molecule is Nc1ccc2nc(CSc3ccc(Br)cn3)[nH]c2c1. The van der Waals surface area contributed by atoms with Gasteiger partial charge in [0.05, 0.1) is 21.8 Å². The number of halogens is 1. The molecule has 3 N–H and O–H groups in total. The molecule has 0 bridgehead atoms. The van der Waals surface area contributed by atoms with E-state index in [4.69, 9.17) is 5.73 Å². The number of nitrogens with one attached hydrogen (secondary N) is 1. The van der Waals surface area contributed by atoms with Gasteiger partial charge in [0.2, 0.25) is 0 Å². The van der Waals surface area contributed by atoms with E-state index in [0.29, 0.717) is 0 Å². The monoisotopic (exact) mass is 334 g/mol. The molecular weight excluding hydrogens is 324 g/mol. The summed E-state index contributed by atoms with van der Waals surface area (Å²) in [5, 5.41) is 0.975. The van der Waals surface area contributed by atoms with Crippen molar-refractivity contribution < 1.29 is 0 Å². The number of aromatic nitrogens is 3. The summed E-state index contributed by atoms with van der Waals surface area (Å²) in [6.45, 7) is 0. The van der Waals surface area contributed by atoms with E-state index < -0.39 is 0 Å². The lowest BCUT2D eigenvalue weighted by Crippen LogP contribution is -1.85. The number of nitrogens with zero attached hydrogens (tertiary/aromatic N) is 2. The summed E-state index contributed by atoms with van der Waals surface area (Å²) >= 11 is 5.01. The van der Waals surface area contributed by atoms with E-state index in [1.807, 2.05) is 30.3 Å². The minimum Gasteiger partial charge on any atom is -0.399 e. The van der Waals surface area contributed by atoms with Crippen molar-refractivity contribution >= 4 is 44.4 Å². The molecule has 0 fully saturated rings. The minimum atomic E-state index is 0.741. The largest absolute Gasteiger partial charge is 0.399 e. The second-order valence-corrected chi connectivity index (χ2v) is 5.97. The van der Waals surface area contributed by atoms with Crippen molar-refractivity contribution in [2.24, 2.45) is 0 Å². The number of pyridine rings is 1. The molecule has 0 aliphatic carbocycles. The van der Waals surface area contributed by atoms with Crippen molar-refractivity contribution in [2.75, 3.05) is 5.73 Å². The van der Waals surface area contributed by atoms with Crippen molar-refractivity contribution in [3.05, 3.63) is 46.8 Å². The Morgan fingerprint density at radius 1 is 1.26 bits per heavy atom. The normalized spacial score (nSPS) is 11.0. The van der Waals surface area contributed by atoms with Gasteiger partial charge in [-0.2, -0.15) is 0 Å². The van der Waals surface area contributed by atoms with Crippen LogP contribution >= 0.6 is 27.7 Å². The lowest BCUT2D eigenvalue weighted by atomic mass is 10.3. The Kier molecular flexibility index (Phi) is 3.44. The molecule has 0 aliphatic rings. The highest BCUT2D eigenvalue weighted by molar-refractivity contribution is 9.10. The van der Waals surface area contributed by atoms with Crippen LogP contribution in [0.4, 0.5) is 5.69 Å². The molecule has 0 radical (unpaired) electrons. The molecule has 3 aromatic rings. The molecule has 1 aromatic carbocycles. The van der Waals surface area contributed by atoms with E-state index in [2.05, 4.69) is 30.9 Å². The molecule has 0 saturated heterocycles. The Labute approximate surface area is 123 Å². The highest BCUT2D eigenvalue weighted by atomic mass is 79.9. The average Bonchev–Trinajstić information content (AvgIpc) is 2.80. The number of hydrogen-bond donors (Lipinski definition) is 2. The van der Waals surface area contributed by atoms with E-state index in [9.17, 15) is 0 Å². The molecule has 96 valence electrons. The van der Waals surface area contributed by atoms with Crippen LogP contribution in [0.25, 0.3) is 11.0 Å². The maximum atomic E-state index is 5.74. The van der Waals surface area contributed by atoms with Gasteiger partial charge in [-0.15, -0.1) is 0 Å². The van der Waals surface area contributed by atoms with Gasteiger partial charge >= 0.3 is 0 Å². The van der Waals surface area contributed by atoms with Crippen LogP contribution in [0, 0.1) is 0 Å². The van der Waals surface area contributed by atoms with Crippen molar-refractivity contribution in [1.82, 2.24) is 15.0 Å². The summed E-state index contributed by atoms with van der Waals surface area (Å²) in [4.78, 5) is 12.1. The Morgan fingerprint density at radius 3 is 2.95 bits per heavy atom. The number of rotatable bonds is 3. The Hall–Kier alpha value is -1.53. The first kappa shape index (κ1) is 12.5. The van der Waals surface area contributed by atoms with Crippen LogP contribution in [0.15, 0.2) is 46.0 Å². The first-order valence-electron chi connectivity index (χ1n) is 5.69. The highest BCUT2D eigenvalue weighted by Gasteiger charge is 2.04. The number of anilines is 1. The summed E-state index contributed by atoms with van der Waals surface area (Å²) in [6.07, 6.45) is 1.79. The van der Waals surface area contributed by atoms with E-state index in [-0.39, 0.29) is 0 Å². The predicted octanol–water partition coefficient (Wildman–Crippen LogP) is 3.59. The van der Waals surface area contributed by atoms with Crippen molar-refractivity contribution in [3.63, 3.8) is 0 Å². The molecule has 0 unspecified atom stereocenters. The van der Waals surface area contributed by atoms with Crippen molar-refractivity contribution in [1.29, 1.82) is 0 Å². The fraction of sp³-hybridized carbons (Fsp3) is 0.0769. The van der Waals surface area contributed by atoms with Gasteiger partial charge in [0.15, 0.2) is 0 Å². The first-order chi connectivity index (χ1) is 9.20. The molecular formula is C13H11BrN4S. The average molecular weight is 335 g/mol. The zero-order chi connectivity index (χ0) is 13.2. The van der Waals surface area contributed by atoms with Crippen LogP contribution in [0.5, 0.6) is 0 Å². The number of H-pyrrole nitrogens is 1. The Balaban J connectivity index is 1.76. The number of imidazole rings is 1. The highest BCUT2D eigenvalue weighted by Crippen LogP contribution is 2.22. The van der Waals surface area contributed by atoms with Crippen molar-refractivity contribution in [2.45, 2.75) is 10.8 Å². The third-order valence-corrected chi connectivity index (χ3v) is 4.04. The number of hydrogen-bond acceptors (Lipinski definition) is 4. The minimum absolute atomic E-state index is 0.741. The summed E-state index contributed by atoms with van der Waals surface area (Å²) in [7, 11) is 0. The molecule has 0 aliphatic heterocycles. The van der Waals surface area contributed by atoms with Crippen LogP contribution < -0.4 is 5.73 Å². The van der Waals surface area contributed by atoms with Gasteiger partial charge in [-0.05, 0) is 46.3 Å². The molecule has 0 saturated carbocycles. The zero-order valence-corrected chi connectivity index (χ0v) is 12.3. The number of benzene rings is 1. The van der Waals surface area contributed by atoms with Gasteiger partial charge in [0.1, 0.15) is 5.82 Å². The molecule has 0 amide bonds. The Morgan fingerprint density at radius 2 is 2.16 bits per heavy atom. The van der Waals surface area contributed by atoms with E-state index in [1.165, 1.54) is 0 Å². The molecule has 2 aromatic heterocycles. The summed E-state index contributed by atoms with van der Waals surface area (Å²) in [6, 6.07) is 9.64. The fourth-order valence-corrected chi connectivity index (χ4v) is 2.69. The molecule has 0 spiro atoms. The van der Waals surface area contributed by atoms with Gasteiger partial charge in [-0.3, -0.25) is 0 Å². The third-order valence-electron chi connectivity index (χ3n) is 2.61. The van der Waals surface area contributed by atoms with E-state index in [1.54, 1.807) is 18.0 Å². The maximum absolute atomic E-state index is 5.74. The van der Waals surface area contributed by atoms with Crippen LogP contribution in [0.3, 0.4) is 0 Å². The zero-order valence-electron chi connectivity index (χ0n) is 9.93. The molecule has 2 heterocycles. The van der Waals surface area contributed by atoms with Crippen LogP contribution in [-0.2, 0) is 5.75 Å². The van der Waals surface area contributed by atoms with Gasteiger partial charge in [0.25, 0.3) is 0 Å². The van der Waals surface area contributed by atoms with Crippen LogP contribution in [0.1, 0.15) is 5.82 Å². The first-order valence-corrected chi connectivity index (χ1v) is 7.47. The standard InChI is InChI=1S/C13H11BrN4S/c14-8-1-4-13(16-6-8)19-7-12-17-10-3-2-9(15)5-11(10)18-12/h1-6H,7,15H2,(H,17,18). The smallest absolute Gasteiger partial charge is 0.117 e. The predicted molar refractivity (Wildman–Crippen MR) is 82.0 cm³/mol. The van der Waals surface area contributed by atoms with Gasteiger partial charge in [-0.1, -0.05) is 11.8 Å². The Bertz CT molecular complexity index is 708. The lowest BCUT2D eigenvalue weighted by Gasteiger charge is -1.98. The number of nitrogen functional groups attached to an aromatic ring is 1. The molecule has 19 heavy (non-hydrogen) atoms. The van der Waals surface area contributed by atoms with Gasteiger partial charge < -0.3 is 10.7 Å². The molecule has 0 atom stereocenters.